The second-order valence-corrected chi connectivity index (χ2v) is 8.46. The van der Waals surface area contributed by atoms with Crippen molar-refractivity contribution in [3.05, 3.63) is 50.7 Å². The minimum atomic E-state index is -1.26. The third-order valence-corrected chi connectivity index (χ3v) is 6.18. The number of halogens is 3. The molecule has 2 fully saturated rings. The lowest BCUT2D eigenvalue weighted by atomic mass is 10.0. The summed E-state index contributed by atoms with van der Waals surface area (Å²) in [6.45, 7) is 3.64. The van der Waals surface area contributed by atoms with Crippen LogP contribution < -0.4 is 0 Å². The van der Waals surface area contributed by atoms with E-state index in [1.54, 1.807) is 17.0 Å². The van der Waals surface area contributed by atoms with Gasteiger partial charge < -0.3 is 10.0 Å². The Morgan fingerprint density at radius 2 is 1.75 bits per heavy atom. The molecule has 1 aromatic carbocycles. The fourth-order valence-corrected chi connectivity index (χ4v) is 4.60. The molecule has 3 heterocycles. The first-order valence-corrected chi connectivity index (χ1v) is 9.89. The highest BCUT2D eigenvalue weighted by molar-refractivity contribution is 6.33. The first kappa shape index (κ1) is 19.5. The summed E-state index contributed by atoms with van der Waals surface area (Å²) in [6, 6.07) is 5.10. The van der Waals surface area contributed by atoms with Gasteiger partial charge in [0.15, 0.2) is 5.69 Å². The Hall–Kier alpha value is -1.80. The molecule has 2 aliphatic rings. The molecule has 148 valence electrons. The Kier molecular flexibility index (Phi) is 5.26. The van der Waals surface area contributed by atoms with E-state index in [0.29, 0.717) is 35.0 Å². The number of rotatable bonds is 3. The number of amides is 1. The molecule has 0 radical (unpaired) electrons. The van der Waals surface area contributed by atoms with Crippen molar-refractivity contribution in [2.45, 2.75) is 6.54 Å². The highest BCUT2D eigenvalue weighted by Crippen LogP contribution is 2.33. The zero-order valence-electron chi connectivity index (χ0n) is 14.7. The number of fused-ring (bicyclic) bond motifs is 1. The highest BCUT2D eigenvalue weighted by atomic mass is 35.5. The molecule has 2 saturated heterocycles. The number of nitrogens with zero attached hydrogens (tertiary/aromatic N) is 4. The summed E-state index contributed by atoms with van der Waals surface area (Å²) < 4.78 is 1.01. The number of carboxylic acid groups (broad SMARTS) is 1. The molecule has 1 amide bonds. The normalized spacial score (nSPS) is 21.9. The van der Waals surface area contributed by atoms with E-state index in [0.717, 1.165) is 29.9 Å². The maximum Gasteiger partial charge on any atom is 0.357 e. The van der Waals surface area contributed by atoms with Gasteiger partial charge in [-0.1, -0.05) is 34.8 Å². The van der Waals surface area contributed by atoms with Crippen LogP contribution in [0.4, 0.5) is 4.79 Å². The largest absolute Gasteiger partial charge is 0.476 e. The molecule has 2 atom stereocenters. The Morgan fingerprint density at radius 3 is 2.36 bits per heavy atom. The molecule has 0 aliphatic carbocycles. The van der Waals surface area contributed by atoms with Crippen molar-refractivity contribution in [3.8, 4) is 0 Å². The van der Waals surface area contributed by atoms with E-state index >= 15 is 0 Å². The van der Waals surface area contributed by atoms with Crippen LogP contribution >= 0.6 is 34.8 Å². The lowest BCUT2D eigenvalue weighted by Crippen LogP contribution is -2.36. The van der Waals surface area contributed by atoms with E-state index in [4.69, 9.17) is 39.9 Å². The summed E-state index contributed by atoms with van der Waals surface area (Å²) in [5.41, 5.74) is 0.674. The lowest BCUT2D eigenvalue weighted by molar-refractivity contribution is 0.0690. The maximum atomic E-state index is 12.7. The average Bonchev–Trinajstić information content (AvgIpc) is 3.30. The monoisotopic (exact) mass is 442 g/mol. The molecule has 4 rings (SSSR count). The molecular formula is C18H17Cl3N4O3. The van der Waals surface area contributed by atoms with E-state index in [2.05, 4.69) is 10.00 Å². The number of likely N-dealkylation sites (tertiary alicyclic amines) is 2. The van der Waals surface area contributed by atoms with Crippen LogP contribution in [-0.2, 0) is 6.54 Å². The van der Waals surface area contributed by atoms with Gasteiger partial charge in [0, 0.05) is 42.8 Å². The third kappa shape index (κ3) is 3.72. The summed E-state index contributed by atoms with van der Waals surface area (Å²) >= 11 is 18.2. The smallest absolute Gasteiger partial charge is 0.357 e. The zero-order chi connectivity index (χ0) is 20.0. The Labute approximate surface area is 176 Å². The number of carbonyl (C=O) groups excluding carboxylic acids is 1. The van der Waals surface area contributed by atoms with E-state index < -0.39 is 5.97 Å². The molecule has 2 unspecified atom stereocenters. The van der Waals surface area contributed by atoms with Gasteiger partial charge in [0.25, 0.3) is 0 Å². The van der Waals surface area contributed by atoms with Gasteiger partial charge in [-0.3, -0.25) is 4.90 Å². The Bertz CT molecular complexity index is 934. The van der Waals surface area contributed by atoms with Crippen molar-refractivity contribution in [3.63, 3.8) is 0 Å². The molecule has 0 saturated carbocycles. The number of aromatic nitrogens is 2. The third-order valence-electron chi connectivity index (χ3n) is 5.30. The molecule has 10 heteroatoms. The number of hydrogen-bond donors (Lipinski definition) is 1. The van der Waals surface area contributed by atoms with Gasteiger partial charge in [-0.2, -0.15) is 9.78 Å². The van der Waals surface area contributed by atoms with Crippen LogP contribution in [-0.4, -0.2) is 62.9 Å². The van der Waals surface area contributed by atoms with Gasteiger partial charge in [0.1, 0.15) is 0 Å². The molecule has 28 heavy (non-hydrogen) atoms. The molecule has 0 bridgehead atoms. The standard InChI is InChI=1S/C18H17Cl3N4O3/c19-13-1-2-14(20)10(3-13)4-23-5-11-7-24(8-12(11)6-23)18(28)25-9-15(21)16(22-25)17(26)27/h1-3,9,11-12H,4-8H2,(H,26,27). The number of hydrogen-bond acceptors (Lipinski definition) is 4. The highest BCUT2D eigenvalue weighted by Gasteiger charge is 2.42. The van der Waals surface area contributed by atoms with Crippen molar-refractivity contribution in [2.24, 2.45) is 11.8 Å². The minimum Gasteiger partial charge on any atom is -0.476 e. The van der Waals surface area contributed by atoms with Crippen LogP contribution in [0, 0.1) is 11.8 Å². The van der Waals surface area contributed by atoms with Crippen LogP contribution in [0.5, 0.6) is 0 Å². The molecule has 0 spiro atoms. The van der Waals surface area contributed by atoms with Crippen LogP contribution in [0.1, 0.15) is 16.1 Å². The van der Waals surface area contributed by atoms with Crippen molar-refractivity contribution in [1.29, 1.82) is 0 Å². The second kappa shape index (κ2) is 7.55. The molecule has 2 aliphatic heterocycles. The maximum absolute atomic E-state index is 12.7. The van der Waals surface area contributed by atoms with Crippen LogP contribution in [0.15, 0.2) is 24.4 Å². The second-order valence-electron chi connectivity index (χ2n) is 7.21. The fraction of sp³-hybridized carbons (Fsp3) is 0.389. The predicted octanol–water partition coefficient (Wildman–Crippen LogP) is 3.57. The number of benzene rings is 1. The SMILES string of the molecule is O=C(O)c1nn(C(=O)N2CC3CN(Cc4cc(Cl)ccc4Cl)CC3C2)cc1Cl. The van der Waals surface area contributed by atoms with Crippen molar-refractivity contribution in [2.75, 3.05) is 26.2 Å². The molecule has 7 nitrogen and oxygen atoms in total. The summed E-state index contributed by atoms with van der Waals surface area (Å²) in [4.78, 5) is 27.7. The van der Waals surface area contributed by atoms with Gasteiger partial charge in [0.05, 0.1) is 11.2 Å². The average molecular weight is 444 g/mol. The number of carboxylic acids is 1. The van der Waals surface area contributed by atoms with Gasteiger partial charge in [0.2, 0.25) is 0 Å². The minimum absolute atomic E-state index is 0.0511. The summed E-state index contributed by atoms with van der Waals surface area (Å²) in [5.74, 6) is -0.552. The molecular weight excluding hydrogens is 427 g/mol. The summed E-state index contributed by atoms with van der Waals surface area (Å²) in [6.07, 6.45) is 1.24. The van der Waals surface area contributed by atoms with Gasteiger partial charge in [-0.25, -0.2) is 9.59 Å². The lowest BCUT2D eigenvalue weighted by Gasteiger charge is -2.21. The van der Waals surface area contributed by atoms with Crippen molar-refractivity contribution >= 4 is 46.8 Å². The number of carbonyl (C=O) groups is 2. The number of aromatic carboxylic acids is 1. The van der Waals surface area contributed by atoms with Gasteiger partial charge in [-0.05, 0) is 35.6 Å². The first-order chi connectivity index (χ1) is 13.3. The van der Waals surface area contributed by atoms with Crippen LogP contribution in [0.3, 0.4) is 0 Å². The molecule has 2 aromatic rings. The van der Waals surface area contributed by atoms with Gasteiger partial charge in [-0.15, -0.1) is 0 Å². The fourth-order valence-electron chi connectivity index (χ4n) is 4.02. The Morgan fingerprint density at radius 1 is 1.07 bits per heavy atom. The summed E-state index contributed by atoms with van der Waals surface area (Å²) in [5, 5.41) is 14.1. The Balaban J connectivity index is 1.39. The van der Waals surface area contributed by atoms with Gasteiger partial charge >= 0.3 is 12.0 Å². The van der Waals surface area contributed by atoms with E-state index in [-0.39, 0.29) is 16.7 Å². The zero-order valence-corrected chi connectivity index (χ0v) is 17.0. The van der Waals surface area contributed by atoms with Crippen molar-refractivity contribution in [1.82, 2.24) is 19.6 Å². The molecule has 1 N–H and O–H groups in total. The van der Waals surface area contributed by atoms with Crippen molar-refractivity contribution < 1.29 is 14.7 Å². The predicted molar refractivity (Wildman–Crippen MR) is 105 cm³/mol. The van der Waals surface area contributed by atoms with E-state index in [9.17, 15) is 9.59 Å². The van der Waals surface area contributed by atoms with E-state index in [1.807, 2.05) is 6.07 Å². The van der Waals surface area contributed by atoms with Crippen LogP contribution in [0.2, 0.25) is 15.1 Å². The topological polar surface area (TPSA) is 78.7 Å². The summed E-state index contributed by atoms with van der Waals surface area (Å²) in [7, 11) is 0. The van der Waals surface area contributed by atoms with Crippen LogP contribution in [0.25, 0.3) is 0 Å². The quantitative estimate of drug-likeness (QED) is 0.784. The van der Waals surface area contributed by atoms with E-state index in [1.165, 1.54) is 6.20 Å². The molecule has 1 aromatic heterocycles. The first-order valence-electron chi connectivity index (χ1n) is 8.76.